The summed E-state index contributed by atoms with van der Waals surface area (Å²) in [5, 5.41) is 0. The van der Waals surface area contributed by atoms with Crippen LogP contribution in [-0.2, 0) is 4.79 Å². The number of carbonyl (C=O) groups excluding carboxylic acids is 1. The van der Waals surface area contributed by atoms with Crippen molar-refractivity contribution in [3.8, 4) is 0 Å². The van der Waals surface area contributed by atoms with Gasteiger partial charge in [-0.15, -0.1) is 6.58 Å². The topological polar surface area (TPSA) is 17.1 Å². The van der Waals surface area contributed by atoms with Crippen LogP contribution in [0.15, 0.2) is 12.7 Å². The summed E-state index contributed by atoms with van der Waals surface area (Å²) in [6.45, 7) is 11.5. The van der Waals surface area contributed by atoms with Crippen molar-refractivity contribution < 1.29 is 4.79 Å². The van der Waals surface area contributed by atoms with Crippen molar-refractivity contribution in [3.63, 3.8) is 0 Å². The fourth-order valence-electron chi connectivity index (χ4n) is 0.898. The van der Waals surface area contributed by atoms with E-state index in [1.165, 1.54) is 0 Å². The van der Waals surface area contributed by atoms with Gasteiger partial charge in [0.25, 0.3) is 0 Å². The molecular formula is C10H18O. The first-order valence-corrected chi connectivity index (χ1v) is 4.12. The van der Waals surface area contributed by atoms with E-state index in [4.69, 9.17) is 0 Å². The van der Waals surface area contributed by atoms with Gasteiger partial charge in [-0.2, -0.15) is 0 Å². The second kappa shape index (κ2) is 3.70. The van der Waals surface area contributed by atoms with Crippen LogP contribution in [0.4, 0.5) is 0 Å². The number of rotatable bonds is 4. The Kier molecular flexibility index (Phi) is 3.50. The molecule has 0 aliphatic carbocycles. The molecule has 0 aliphatic rings. The van der Waals surface area contributed by atoms with Crippen LogP contribution >= 0.6 is 0 Å². The molecule has 64 valence electrons. The summed E-state index contributed by atoms with van der Waals surface area (Å²) in [4.78, 5) is 11.6. The van der Waals surface area contributed by atoms with E-state index >= 15 is 0 Å². The molecule has 0 amide bonds. The van der Waals surface area contributed by atoms with Gasteiger partial charge >= 0.3 is 0 Å². The van der Waals surface area contributed by atoms with E-state index in [-0.39, 0.29) is 17.1 Å². The molecule has 11 heavy (non-hydrogen) atoms. The van der Waals surface area contributed by atoms with Crippen LogP contribution in [-0.4, -0.2) is 5.78 Å². The molecule has 0 aliphatic heterocycles. The Morgan fingerprint density at radius 2 is 2.09 bits per heavy atom. The maximum absolute atomic E-state index is 11.6. The summed E-state index contributed by atoms with van der Waals surface area (Å²) in [6.07, 6.45) is 2.60. The van der Waals surface area contributed by atoms with Gasteiger partial charge in [-0.1, -0.05) is 33.8 Å². The molecular weight excluding hydrogens is 136 g/mol. The van der Waals surface area contributed by atoms with Crippen molar-refractivity contribution in [1.82, 2.24) is 0 Å². The Balaban J connectivity index is 4.34. The Labute approximate surface area is 69.5 Å². The summed E-state index contributed by atoms with van der Waals surface area (Å²) < 4.78 is 0. The predicted molar refractivity (Wildman–Crippen MR) is 48.4 cm³/mol. The molecule has 1 atom stereocenters. The van der Waals surface area contributed by atoms with Crippen molar-refractivity contribution in [1.29, 1.82) is 0 Å². The molecule has 1 heteroatoms. The lowest BCUT2D eigenvalue weighted by atomic mass is 9.80. The first kappa shape index (κ1) is 10.4. The molecule has 0 saturated heterocycles. The van der Waals surface area contributed by atoms with Gasteiger partial charge in [0, 0.05) is 11.3 Å². The fraction of sp³-hybridized carbons (Fsp3) is 0.700. The van der Waals surface area contributed by atoms with Crippen LogP contribution < -0.4 is 0 Å². The third kappa shape index (κ3) is 2.49. The Hall–Kier alpha value is -0.590. The lowest BCUT2D eigenvalue weighted by Gasteiger charge is -2.23. The first-order valence-electron chi connectivity index (χ1n) is 4.12. The van der Waals surface area contributed by atoms with Gasteiger partial charge < -0.3 is 0 Å². The third-order valence-electron chi connectivity index (χ3n) is 2.32. The summed E-state index contributed by atoms with van der Waals surface area (Å²) in [5.74, 6) is 0.278. The maximum atomic E-state index is 11.6. The van der Waals surface area contributed by atoms with Crippen LogP contribution in [0.2, 0.25) is 0 Å². The van der Waals surface area contributed by atoms with E-state index in [9.17, 15) is 4.79 Å². The minimum absolute atomic E-state index is 0.00931. The molecule has 0 N–H and O–H groups in total. The highest BCUT2D eigenvalue weighted by molar-refractivity contribution is 5.87. The highest BCUT2D eigenvalue weighted by Crippen LogP contribution is 2.25. The van der Waals surface area contributed by atoms with Crippen LogP contribution in [0.3, 0.4) is 0 Å². The number of ketones is 1. The number of allylic oxidation sites excluding steroid dienone is 1. The van der Waals surface area contributed by atoms with E-state index in [1.54, 1.807) is 6.08 Å². The van der Waals surface area contributed by atoms with E-state index in [2.05, 4.69) is 6.58 Å². The average Bonchev–Trinajstić information content (AvgIpc) is 2.01. The van der Waals surface area contributed by atoms with Gasteiger partial charge in [0.1, 0.15) is 5.78 Å². The lowest BCUT2D eigenvalue weighted by molar-refractivity contribution is -0.129. The largest absolute Gasteiger partial charge is 0.298 e. The molecule has 0 aromatic heterocycles. The minimum Gasteiger partial charge on any atom is -0.298 e. The number of Topliss-reactive ketones (excluding diaryl/α,β-unsaturated/α-hetero) is 1. The maximum Gasteiger partial charge on any atom is 0.144 e. The smallest absolute Gasteiger partial charge is 0.144 e. The van der Waals surface area contributed by atoms with Gasteiger partial charge in [-0.3, -0.25) is 4.79 Å². The zero-order valence-electron chi connectivity index (χ0n) is 7.98. The third-order valence-corrected chi connectivity index (χ3v) is 2.32. The highest BCUT2D eigenvalue weighted by Gasteiger charge is 2.27. The van der Waals surface area contributed by atoms with E-state index in [1.807, 2.05) is 27.7 Å². The fourth-order valence-corrected chi connectivity index (χ4v) is 0.898. The minimum atomic E-state index is -0.187. The van der Waals surface area contributed by atoms with Crippen molar-refractivity contribution in [2.75, 3.05) is 0 Å². The van der Waals surface area contributed by atoms with Gasteiger partial charge in [0.05, 0.1) is 0 Å². The molecule has 0 rings (SSSR count). The molecule has 0 aromatic carbocycles. The van der Waals surface area contributed by atoms with Crippen LogP contribution in [0.25, 0.3) is 0 Å². The molecule has 1 nitrogen and oxygen atoms in total. The predicted octanol–water partition coefficient (Wildman–Crippen LogP) is 2.81. The standard InChI is InChI=1S/C10H18O/c1-6-8(3)9(11)10(4,5)7-2/h6,8H,1,7H2,2-5H3. The zero-order valence-corrected chi connectivity index (χ0v) is 7.98. The number of hydrogen-bond acceptors (Lipinski definition) is 1. The van der Waals surface area contributed by atoms with Crippen LogP contribution in [0.5, 0.6) is 0 Å². The first-order chi connectivity index (χ1) is 4.95. The monoisotopic (exact) mass is 154 g/mol. The van der Waals surface area contributed by atoms with Gasteiger partial charge in [0.2, 0.25) is 0 Å². The van der Waals surface area contributed by atoms with Crippen LogP contribution in [0, 0.1) is 11.3 Å². The molecule has 0 fully saturated rings. The van der Waals surface area contributed by atoms with Crippen LogP contribution in [0.1, 0.15) is 34.1 Å². The molecule has 0 saturated carbocycles. The number of hydrogen-bond donors (Lipinski definition) is 0. The molecule has 0 spiro atoms. The Morgan fingerprint density at radius 1 is 1.64 bits per heavy atom. The van der Waals surface area contributed by atoms with Crippen molar-refractivity contribution in [3.05, 3.63) is 12.7 Å². The molecule has 0 radical (unpaired) electrons. The number of carbonyl (C=O) groups is 1. The SMILES string of the molecule is C=CC(C)C(=O)C(C)(C)CC. The highest BCUT2D eigenvalue weighted by atomic mass is 16.1. The second-order valence-corrected chi connectivity index (χ2v) is 3.63. The van der Waals surface area contributed by atoms with E-state index < -0.39 is 0 Å². The average molecular weight is 154 g/mol. The molecule has 0 bridgehead atoms. The summed E-state index contributed by atoms with van der Waals surface area (Å²) >= 11 is 0. The van der Waals surface area contributed by atoms with Gasteiger partial charge in [-0.25, -0.2) is 0 Å². The zero-order chi connectivity index (χ0) is 9.07. The summed E-state index contributed by atoms with van der Waals surface area (Å²) in [5.41, 5.74) is -0.187. The quantitative estimate of drug-likeness (QED) is 0.569. The van der Waals surface area contributed by atoms with Gasteiger partial charge in [0.15, 0.2) is 0 Å². The summed E-state index contributed by atoms with van der Waals surface area (Å²) in [7, 11) is 0. The Morgan fingerprint density at radius 3 is 2.36 bits per heavy atom. The molecule has 0 aromatic rings. The molecule has 0 heterocycles. The van der Waals surface area contributed by atoms with Crippen molar-refractivity contribution >= 4 is 5.78 Å². The molecule has 1 unspecified atom stereocenters. The van der Waals surface area contributed by atoms with Crippen molar-refractivity contribution in [2.45, 2.75) is 34.1 Å². The lowest BCUT2D eigenvalue weighted by Crippen LogP contribution is -2.27. The second-order valence-electron chi connectivity index (χ2n) is 3.63. The van der Waals surface area contributed by atoms with Gasteiger partial charge in [-0.05, 0) is 6.42 Å². The van der Waals surface area contributed by atoms with E-state index in [0.717, 1.165) is 6.42 Å². The van der Waals surface area contributed by atoms with Crippen molar-refractivity contribution in [2.24, 2.45) is 11.3 Å². The summed E-state index contributed by atoms with van der Waals surface area (Å²) in [6, 6.07) is 0. The normalized spacial score (nSPS) is 14.2. The van der Waals surface area contributed by atoms with E-state index in [0.29, 0.717) is 0 Å². The Bertz CT molecular complexity index is 156.